The van der Waals surface area contributed by atoms with Crippen LogP contribution < -0.4 is 19.5 Å². The van der Waals surface area contributed by atoms with Gasteiger partial charge in [0.25, 0.3) is 5.91 Å². The SMILES string of the molecule is CCOc1cc(NC(=O)c2ccc(COc3cc(C)ccc3C)o2)ccc1OC(F)F. The minimum absolute atomic E-state index is 0.0884. The third-order valence-electron chi connectivity index (χ3n) is 4.32. The first-order chi connectivity index (χ1) is 14.9. The van der Waals surface area contributed by atoms with Gasteiger partial charge in [0.2, 0.25) is 0 Å². The lowest BCUT2D eigenvalue weighted by Gasteiger charge is -2.13. The zero-order valence-corrected chi connectivity index (χ0v) is 17.4. The largest absolute Gasteiger partial charge is 0.490 e. The lowest BCUT2D eigenvalue weighted by Crippen LogP contribution is -2.11. The van der Waals surface area contributed by atoms with Gasteiger partial charge in [-0.25, -0.2) is 0 Å². The molecule has 164 valence electrons. The summed E-state index contributed by atoms with van der Waals surface area (Å²) in [6.07, 6.45) is 0. The molecule has 8 heteroatoms. The van der Waals surface area contributed by atoms with Gasteiger partial charge in [0.1, 0.15) is 18.1 Å². The molecule has 0 bridgehead atoms. The number of anilines is 1. The Morgan fingerprint density at radius 1 is 1.00 bits per heavy atom. The van der Waals surface area contributed by atoms with E-state index in [2.05, 4.69) is 10.1 Å². The number of hydrogen-bond donors (Lipinski definition) is 1. The fourth-order valence-corrected chi connectivity index (χ4v) is 2.83. The maximum atomic E-state index is 12.5. The zero-order valence-electron chi connectivity index (χ0n) is 17.4. The number of furan rings is 1. The maximum absolute atomic E-state index is 12.5. The Hall–Kier alpha value is -3.55. The van der Waals surface area contributed by atoms with E-state index in [-0.39, 0.29) is 30.5 Å². The number of ether oxygens (including phenoxy) is 3. The smallest absolute Gasteiger partial charge is 0.387 e. The van der Waals surface area contributed by atoms with Gasteiger partial charge in [-0.15, -0.1) is 0 Å². The summed E-state index contributed by atoms with van der Waals surface area (Å²) in [5, 5.41) is 2.64. The third kappa shape index (κ3) is 5.97. The van der Waals surface area contributed by atoms with Crippen LogP contribution in [0.5, 0.6) is 17.2 Å². The molecule has 0 saturated carbocycles. The highest BCUT2D eigenvalue weighted by Crippen LogP contribution is 2.32. The summed E-state index contributed by atoms with van der Waals surface area (Å²) < 4.78 is 46.1. The molecule has 31 heavy (non-hydrogen) atoms. The summed E-state index contributed by atoms with van der Waals surface area (Å²) in [7, 11) is 0. The van der Waals surface area contributed by atoms with E-state index in [4.69, 9.17) is 13.9 Å². The van der Waals surface area contributed by atoms with E-state index >= 15 is 0 Å². The molecular formula is C23H23F2NO5. The van der Waals surface area contributed by atoms with Crippen molar-refractivity contribution in [1.82, 2.24) is 0 Å². The van der Waals surface area contributed by atoms with Crippen molar-refractivity contribution in [3.8, 4) is 17.2 Å². The Labute approximate surface area is 178 Å². The van der Waals surface area contributed by atoms with Crippen molar-refractivity contribution in [1.29, 1.82) is 0 Å². The van der Waals surface area contributed by atoms with Gasteiger partial charge in [-0.1, -0.05) is 12.1 Å². The molecule has 6 nitrogen and oxygen atoms in total. The number of carbonyl (C=O) groups is 1. The Morgan fingerprint density at radius 3 is 2.55 bits per heavy atom. The third-order valence-corrected chi connectivity index (χ3v) is 4.32. The number of amides is 1. The number of alkyl halides is 2. The Kier molecular flexibility index (Phi) is 7.12. The molecule has 0 aliphatic heterocycles. The van der Waals surface area contributed by atoms with Crippen molar-refractivity contribution in [3.63, 3.8) is 0 Å². The van der Waals surface area contributed by atoms with Crippen LogP contribution in [0.1, 0.15) is 34.4 Å². The predicted molar refractivity (Wildman–Crippen MR) is 111 cm³/mol. The first kappa shape index (κ1) is 22.1. The molecule has 1 heterocycles. The van der Waals surface area contributed by atoms with Crippen molar-refractivity contribution in [2.45, 2.75) is 34.0 Å². The summed E-state index contributed by atoms with van der Waals surface area (Å²) in [5.74, 6) is 0.813. The first-order valence-corrected chi connectivity index (χ1v) is 9.67. The molecule has 1 N–H and O–H groups in total. The average Bonchev–Trinajstić information content (AvgIpc) is 3.20. The number of aryl methyl sites for hydroxylation is 2. The Bertz CT molecular complexity index is 1050. The summed E-state index contributed by atoms with van der Waals surface area (Å²) in [6, 6.07) is 13.3. The van der Waals surface area contributed by atoms with Gasteiger partial charge >= 0.3 is 6.61 Å². The second kappa shape index (κ2) is 9.97. The normalized spacial score (nSPS) is 10.8. The lowest BCUT2D eigenvalue weighted by molar-refractivity contribution is -0.0514. The standard InChI is InChI=1S/C23H23F2NO5/c1-4-28-21-12-16(7-9-18(21)31-23(24)25)26-22(27)19-10-8-17(30-19)13-29-20-11-14(2)5-6-15(20)3/h5-12,23H,4,13H2,1-3H3,(H,26,27). The fraction of sp³-hybridized carbons (Fsp3) is 0.261. The Morgan fingerprint density at radius 2 is 1.81 bits per heavy atom. The van der Waals surface area contributed by atoms with Crippen molar-refractivity contribution >= 4 is 11.6 Å². The maximum Gasteiger partial charge on any atom is 0.387 e. The monoisotopic (exact) mass is 431 g/mol. The summed E-state index contributed by atoms with van der Waals surface area (Å²) in [5.41, 5.74) is 2.43. The quantitative estimate of drug-likeness (QED) is 0.469. The topological polar surface area (TPSA) is 69.9 Å². The number of rotatable bonds is 9. The number of benzene rings is 2. The lowest BCUT2D eigenvalue weighted by atomic mass is 10.1. The van der Waals surface area contributed by atoms with Crippen LogP contribution in [0.15, 0.2) is 52.9 Å². The molecule has 2 aromatic carbocycles. The highest BCUT2D eigenvalue weighted by molar-refractivity contribution is 6.02. The minimum Gasteiger partial charge on any atom is -0.490 e. The van der Waals surface area contributed by atoms with Crippen molar-refractivity contribution in [3.05, 3.63) is 71.2 Å². The molecule has 1 amide bonds. The van der Waals surface area contributed by atoms with Crippen LogP contribution in [0.2, 0.25) is 0 Å². The van der Waals surface area contributed by atoms with E-state index in [9.17, 15) is 13.6 Å². The van der Waals surface area contributed by atoms with E-state index in [0.29, 0.717) is 11.4 Å². The highest BCUT2D eigenvalue weighted by Gasteiger charge is 2.15. The fourth-order valence-electron chi connectivity index (χ4n) is 2.83. The van der Waals surface area contributed by atoms with E-state index in [1.807, 2.05) is 32.0 Å². The molecule has 1 aromatic heterocycles. The van der Waals surface area contributed by atoms with Gasteiger partial charge < -0.3 is 23.9 Å². The molecule has 0 unspecified atom stereocenters. The van der Waals surface area contributed by atoms with Gasteiger partial charge in [0.15, 0.2) is 17.3 Å². The number of carbonyl (C=O) groups excluding carboxylic acids is 1. The van der Waals surface area contributed by atoms with Gasteiger partial charge in [-0.2, -0.15) is 8.78 Å². The van der Waals surface area contributed by atoms with E-state index in [1.54, 1.807) is 13.0 Å². The number of halogens is 2. The minimum atomic E-state index is -2.98. The van der Waals surface area contributed by atoms with Crippen LogP contribution >= 0.6 is 0 Å². The molecule has 0 saturated heterocycles. The molecule has 0 radical (unpaired) electrons. The van der Waals surface area contributed by atoms with Crippen LogP contribution in [0.4, 0.5) is 14.5 Å². The van der Waals surface area contributed by atoms with Crippen LogP contribution in [0.25, 0.3) is 0 Å². The second-order valence-electron chi connectivity index (χ2n) is 6.75. The molecule has 0 spiro atoms. The Balaban J connectivity index is 1.65. The molecule has 0 aliphatic carbocycles. The molecule has 3 aromatic rings. The van der Waals surface area contributed by atoms with Crippen LogP contribution in [0, 0.1) is 13.8 Å². The molecule has 0 fully saturated rings. The van der Waals surface area contributed by atoms with Crippen molar-refractivity contribution in [2.24, 2.45) is 0 Å². The van der Waals surface area contributed by atoms with Gasteiger partial charge in [0, 0.05) is 11.8 Å². The highest BCUT2D eigenvalue weighted by atomic mass is 19.3. The van der Waals surface area contributed by atoms with Gasteiger partial charge in [-0.05, 0) is 62.2 Å². The predicted octanol–water partition coefficient (Wildman–Crippen LogP) is 5.73. The summed E-state index contributed by atoms with van der Waals surface area (Å²) in [4.78, 5) is 12.5. The van der Waals surface area contributed by atoms with Crippen LogP contribution in [-0.4, -0.2) is 19.1 Å². The van der Waals surface area contributed by atoms with Crippen molar-refractivity contribution < 1.29 is 32.2 Å². The van der Waals surface area contributed by atoms with Gasteiger partial charge in [-0.3, -0.25) is 4.79 Å². The molecule has 3 rings (SSSR count). The molecule has 0 aliphatic rings. The van der Waals surface area contributed by atoms with Crippen LogP contribution in [-0.2, 0) is 6.61 Å². The van der Waals surface area contributed by atoms with Crippen molar-refractivity contribution in [2.75, 3.05) is 11.9 Å². The molecule has 0 atom stereocenters. The summed E-state index contributed by atoms with van der Waals surface area (Å²) in [6.45, 7) is 3.08. The number of nitrogens with one attached hydrogen (secondary N) is 1. The first-order valence-electron chi connectivity index (χ1n) is 9.67. The molecular weight excluding hydrogens is 408 g/mol. The zero-order chi connectivity index (χ0) is 22.4. The van der Waals surface area contributed by atoms with E-state index < -0.39 is 12.5 Å². The summed E-state index contributed by atoms with van der Waals surface area (Å²) >= 11 is 0. The van der Waals surface area contributed by atoms with E-state index in [1.165, 1.54) is 24.3 Å². The van der Waals surface area contributed by atoms with E-state index in [0.717, 1.165) is 16.9 Å². The second-order valence-corrected chi connectivity index (χ2v) is 6.75. The number of hydrogen-bond acceptors (Lipinski definition) is 5. The van der Waals surface area contributed by atoms with Gasteiger partial charge in [0.05, 0.1) is 6.61 Å². The average molecular weight is 431 g/mol. The van der Waals surface area contributed by atoms with Crippen LogP contribution in [0.3, 0.4) is 0 Å².